The number of ether oxygens (including phenoxy) is 1. The Kier molecular flexibility index (Phi) is 4.68. The number of rotatable bonds is 4. The molecule has 0 unspecified atom stereocenters. The number of anilines is 1. The number of hydrogen-bond acceptors (Lipinski definition) is 4. The molecule has 0 aliphatic heterocycles. The molecule has 0 fully saturated rings. The topological polar surface area (TPSA) is 47.0 Å². The van der Waals surface area contributed by atoms with Crippen molar-refractivity contribution in [2.24, 2.45) is 0 Å². The van der Waals surface area contributed by atoms with E-state index in [4.69, 9.17) is 16.3 Å². The molecular formula is C16H20ClN3O. The first-order valence-corrected chi connectivity index (χ1v) is 7.29. The van der Waals surface area contributed by atoms with E-state index in [-0.39, 0.29) is 0 Å². The zero-order valence-corrected chi connectivity index (χ0v) is 13.7. The molecule has 1 heterocycles. The van der Waals surface area contributed by atoms with Gasteiger partial charge in [0.2, 0.25) is 5.88 Å². The van der Waals surface area contributed by atoms with Gasteiger partial charge in [0.05, 0.1) is 5.56 Å². The molecule has 0 atom stereocenters. The first kappa shape index (κ1) is 15.6. The second-order valence-corrected chi connectivity index (χ2v) is 5.71. The Bertz CT molecular complexity index is 656. The van der Waals surface area contributed by atoms with Crippen LogP contribution in [0.3, 0.4) is 0 Å². The quantitative estimate of drug-likeness (QED) is 0.889. The number of benzene rings is 1. The molecule has 0 radical (unpaired) electrons. The zero-order chi connectivity index (χ0) is 15.6. The van der Waals surface area contributed by atoms with Crippen LogP contribution in [0.5, 0.6) is 11.6 Å². The Hall–Kier alpha value is -1.81. The number of halogens is 1. The van der Waals surface area contributed by atoms with E-state index in [9.17, 15) is 0 Å². The highest BCUT2D eigenvalue weighted by atomic mass is 35.5. The maximum atomic E-state index is 6.29. The van der Waals surface area contributed by atoms with Gasteiger partial charge in [0, 0.05) is 12.1 Å². The van der Waals surface area contributed by atoms with Crippen molar-refractivity contribution in [2.75, 3.05) is 12.4 Å². The van der Waals surface area contributed by atoms with Crippen LogP contribution in [-0.2, 0) is 0 Å². The Morgan fingerprint density at radius 1 is 1.19 bits per heavy atom. The van der Waals surface area contributed by atoms with Crippen LogP contribution >= 0.6 is 11.6 Å². The Morgan fingerprint density at radius 3 is 2.52 bits per heavy atom. The fourth-order valence-corrected chi connectivity index (χ4v) is 2.55. The summed E-state index contributed by atoms with van der Waals surface area (Å²) in [4.78, 5) is 8.37. The summed E-state index contributed by atoms with van der Waals surface area (Å²) in [6, 6.07) is 3.92. The van der Waals surface area contributed by atoms with Crippen molar-refractivity contribution in [3.05, 3.63) is 40.2 Å². The monoisotopic (exact) mass is 305 g/mol. The summed E-state index contributed by atoms with van der Waals surface area (Å²) in [6.45, 7) is 8.11. The van der Waals surface area contributed by atoms with Crippen LogP contribution < -0.4 is 10.1 Å². The van der Waals surface area contributed by atoms with Crippen LogP contribution in [0.15, 0.2) is 18.5 Å². The lowest BCUT2D eigenvalue weighted by molar-refractivity contribution is 0.453. The van der Waals surface area contributed by atoms with Gasteiger partial charge in [0.25, 0.3) is 0 Å². The van der Waals surface area contributed by atoms with Crippen molar-refractivity contribution in [3.63, 3.8) is 0 Å². The third-order valence-electron chi connectivity index (χ3n) is 3.40. The van der Waals surface area contributed by atoms with Gasteiger partial charge in [-0.05, 0) is 43.0 Å². The number of nitrogens with one attached hydrogen (secondary N) is 1. The molecule has 0 saturated carbocycles. The maximum absolute atomic E-state index is 6.29. The first-order valence-electron chi connectivity index (χ1n) is 6.91. The van der Waals surface area contributed by atoms with Crippen LogP contribution in [-0.4, -0.2) is 17.0 Å². The Labute approximate surface area is 130 Å². The summed E-state index contributed by atoms with van der Waals surface area (Å²) in [5, 5.41) is 3.79. The summed E-state index contributed by atoms with van der Waals surface area (Å²) in [7, 11) is 1.82. The van der Waals surface area contributed by atoms with Crippen LogP contribution in [0.1, 0.15) is 36.5 Å². The number of hydrogen-bond donors (Lipinski definition) is 1. The van der Waals surface area contributed by atoms with Crippen molar-refractivity contribution in [1.29, 1.82) is 0 Å². The van der Waals surface area contributed by atoms with Crippen LogP contribution in [0, 0.1) is 13.8 Å². The van der Waals surface area contributed by atoms with Crippen molar-refractivity contribution in [2.45, 2.75) is 33.6 Å². The number of aromatic nitrogens is 2. The molecule has 0 aliphatic rings. The van der Waals surface area contributed by atoms with Gasteiger partial charge in [-0.3, -0.25) is 0 Å². The standard InChI is InChI=1S/C16H20ClN3O/c1-9(2)12-7-14(10(3)6-13(12)17)21-16-11(4)15(18-5)19-8-20-16/h6-9H,1-5H3,(H,18,19,20). The largest absolute Gasteiger partial charge is 0.438 e. The van der Waals surface area contributed by atoms with E-state index in [1.54, 1.807) is 0 Å². The van der Waals surface area contributed by atoms with Gasteiger partial charge in [0.15, 0.2) is 0 Å². The summed E-state index contributed by atoms with van der Waals surface area (Å²) < 4.78 is 5.98. The van der Waals surface area contributed by atoms with Crippen molar-refractivity contribution in [1.82, 2.24) is 9.97 Å². The summed E-state index contributed by atoms with van der Waals surface area (Å²) in [6.07, 6.45) is 1.49. The van der Waals surface area contributed by atoms with Gasteiger partial charge in [0.1, 0.15) is 17.9 Å². The molecule has 0 spiro atoms. The molecule has 112 valence electrons. The van der Waals surface area contributed by atoms with E-state index in [1.165, 1.54) is 6.33 Å². The normalized spacial score (nSPS) is 10.8. The molecule has 1 aromatic heterocycles. The predicted molar refractivity (Wildman–Crippen MR) is 86.7 cm³/mol. The molecule has 5 heteroatoms. The zero-order valence-electron chi connectivity index (χ0n) is 13.0. The van der Waals surface area contributed by atoms with Gasteiger partial charge >= 0.3 is 0 Å². The first-order chi connectivity index (χ1) is 9.93. The minimum atomic E-state index is 0.333. The van der Waals surface area contributed by atoms with Crippen molar-refractivity contribution in [3.8, 4) is 11.6 Å². The highest BCUT2D eigenvalue weighted by Crippen LogP contribution is 2.34. The second kappa shape index (κ2) is 6.31. The molecule has 2 rings (SSSR count). The molecule has 21 heavy (non-hydrogen) atoms. The van der Waals surface area contributed by atoms with E-state index in [0.717, 1.165) is 33.3 Å². The molecular weight excluding hydrogens is 286 g/mol. The minimum Gasteiger partial charge on any atom is -0.438 e. The Balaban J connectivity index is 2.42. The molecule has 0 saturated heterocycles. The fraction of sp³-hybridized carbons (Fsp3) is 0.375. The predicted octanol–water partition coefficient (Wildman–Crippen LogP) is 4.70. The average molecular weight is 306 g/mol. The van der Waals surface area contributed by atoms with E-state index in [2.05, 4.69) is 29.1 Å². The van der Waals surface area contributed by atoms with Gasteiger partial charge in [-0.15, -0.1) is 0 Å². The van der Waals surface area contributed by atoms with Gasteiger partial charge in [-0.25, -0.2) is 9.97 Å². The highest BCUT2D eigenvalue weighted by Gasteiger charge is 2.13. The molecule has 1 aromatic carbocycles. The lowest BCUT2D eigenvalue weighted by Crippen LogP contribution is -2.01. The van der Waals surface area contributed by atoms with Gasteiger partial charge < -0.3 is 10.1 Å². The van der Waals surface area contributed by atoms with Crippen molar-refractivity contribution >= 4 is 17.4 Å². The van der Waals surface area contributed by atoms with Crippen LogP contribution in [0.4, 0.5) is 5.82 Å². The average Bonchev–Trinajstić information content (AvgIpc) is 2.43. The lowest BCUT2D eigenvalue weighted by Gasteiger charge is -2.15. The smallest absolute Gasteiger partial charge is 0.227 e. The summed E-state index contributed by atoms with van der Waals surface area (Å²) in [5.74, 6) is 2.41. The molecule has 4 nitrogen and oxygen atoms in total. The molecule has 0 bridgehead atoms. The van der Waals surface area contributed by atoms with E-state index in [0.29, 0.717) is 11.8 Å². The van der Waals surface area contributed by atoms with E-state index >= 15 is 0 Å². The molecule has 0 amide bonds. The molecule has 0 aliphatic carbocycles. The third-order valence-corrected chi connectivity index (χ3v) is 3.72. The number of aryl methyl sites for hydroxylation is 1. The lowest BCUT2D eigenvalue weighted by atomic mass is 10.0. The minimum absolute atomic E-state index is 0.333. The van der Waals surface area contributed by atoms with Crippen LogP contribution in [0.25, 0.3) is 0 Å². The maximum Gasteiger partial charge on any atom is 0.227 e. The van der Waals surface area contributed by atoms with Gasteiger partial charge in [-0.2, -0.15) is 0 Å². The SMILES string of the molecule is CNc1ncnc(Oc2cc(C(C)C)c(Cl)cc2C)c1C. The third kappa shape index (κ3) is 3.27. The van der Waals surface area contributed by atoms with E-state index in [1.807, 2.05) is 33.0 Å². The summed E-state index contributed by atoms with van der Waals surface area (Å²) in [5.41, 5.74) is 2.92. The molecule has 2 aromatic rings. The fourth-order valence-electron chi connectivity index (χ4n) is 2.11. The van der Waals surface area contributed by atoms with Crippen molar-refractivity contribution < 1.29 is 4.74 Å². The van der Waals surface area contributed by atoms with E-state index < -0.39 is 0 Å². The molecule has 1 N–H and O–H groups in total. The number of nitrogens with zero attached hydrogens (tertiary/aromatic N) is 2. The summed E-state index contributed by atoms with van der Waals surface area (Å²) >= 11 is 6.29. The highest BCUT2D eigenvalue weighted by molar-refractivity contribution is 6.31. The second-order valence-electron chi connectivity index (χ2n) is 5.30. The Morgan fingerprint density at radius 2 is 1.90 bits per heavy atom. The van der Waals surface area contributed by atoms with Gasteiger partial charge in [-0.1, -0.05) is 25.4 Å². The van der Waals surface area contributed by atoms with Crippen LogP contribution in [0.2, 0.25) is 5.02 Å².